The second-order valence-electron chi connectivity index (χ2n) is 6.24. The van der Waals surface area contributed by atoms with Crippen molar-refractivity contribution in [2.24, 2.45) is 0 Å². The highest BCUT2D eigenvalue weighted by molar-refractivity contribution is 5.85. The van der Waals surface area contributed by atoms with Crippen molar-refractivity contribution in [3.05, 3.63) is 109 Å². The minimum Gasteiger partial charge on any atom is -0.304 e. The van der Waals surface area contributed by atoms with Gasteiger partial charge in [-0.15, -0.1) is 0 Å². The van der Waals surface area contributed by atoms with E-state index in [1.807, 2.05) is 24.8 Å². The molecule has 1 aromatic heterocycles. The Morgan fingerprint density at radius 1 is 0.885 bits per heavy atom. The number of imidazole rings is 1. The first-order valence-corrected chi connectivity index (χ1v) is 8.81. The van der Waals surface area contributed by atoms with Crippen molar-refractivity contribution in [1.82, 2.24) is 9.66 Å². The van der Waals surface area contributed by atoms with Gasteiger partial charge in [0, 0.05) is 12.4 Å². The summed E-state index contributed by atoms with van der Waals surface area (Å²) in [5.74, 6) is 0. The van der Waals surface area contributed by atoms with Gasteiger partial charge in [0.15, 0.2) is 0 Å². The van der Waals surface area contributed by atoms with Gasteiger partial charge in [0.25, 0.3) is 0 Å². The van der Waals surface area contributed by atoms with E-state index < -0.39 is 0 Å². The van der Waals surface area contributed by atoms with Gasteiger partial charge in [-0.25, -0.2) is 4.98 Å². The second kappa shape index (κ2) is 7.70. The minimum absolute atomic E-state index is 0.800. The van der Waals surface area contributed by atoms with Crippen LogP contribution in [-0.4, -0.2) is 16.2 Å². The maximum Gasteiger partial charge on any atom is 0.114 e. The van der Waals surface area contributed by atoms with Crippen LogP contribution in [0.3, 0.4) is 0 Å². The molecule has 4 aromatic rings. The van der Waals surface area contributed by atoms with Crippen molar-refractivity contribution in [3.63, 3.8) is 0 Å². The molecule has 1 heterocycles. The molecule has 0 aliphatic rings. The van der Waals surface area contributed by atoms with Gasteiger partial charge in [-0.2, -0.15) is 0 Å². The Labute approximate surface area is 153 Å². The number of fused-ring (bicyclic) bond motifs is 1. The summed E-state index contributed by atoms with van der Waals surface area (Å²) in [7, 11) is 0. The van der Waals surface area contributed by atoms with Crippen LogP contribution in [-0.2, 0) is 6.54 Å². The third-order valence-corrected chi connectivity index (χ3v) is 4.48. The number of aromatic nitrogens is 2. The van der Waals surface area contributed by atoms with Crippen molar-refractivity contribution >= 4 is 16.8 Å². The number of hydrogen-bond acceptors (Lipinski definition) is 2. The SMILES string of the molecule is C(=Cc1ccccc1)CN(Cc1cccc2ccccc12)n1ccnc1. The highest BCUT2D eigenvalue weighted by atomic mass is 15.5. The van der Waals surface area contributed by atoms with Crippen molar-refractivity contribution in [1.29, 1.82) is 0 Å². The van der Waals surface area contributed by atoms with Gasteiger partial charge in [-0.05, 0) is 21.9 Å². The zero-order chi connectivity index (χ0) is 17.6. The van der Waals surface area contributed by atoms with Crippen molar-refractivity contribution < 1.29 is 0 Å². The summed E-state index contributed by atoms with van der Waals surface area (Å²) in [5, 5.41) is 4.84. The van der Waals surface area contributed by atoms with Gasteiger partial charge in [0.2, 0.25) is 0 Å². The van der Waals surface area contributed by atoms with E-state index in [-0.39, 0.29) is 0 Å². The number of rotatable bonds is 6. The molecule has 0 aliphatic carbocycles. The first-order chi connectivity index (χ1) is 12.9. The highest BCUT2D eigenvalue weighted by Crippen LogP contribution is 2.19. The Hall–Kier alpha value is -3.33. The van der Waals surface area contributed by atoms with E-state index in [1.165, 1.54) is 21.9 Å². The first kappa shape index (κ1) is 16.2. The fourth-order valence-electron chi connectivity index (χ4n) is 3.16. The first-order valence-electron chi connectivity index (χ1n) is 8.81. The van der Waals surface area contributed by atoms with E-state index in [1.54, 1.807) is 0 Å². The fraction of sp³-hybridized carbons (Fsp3) is 0.0870. The van der Waals surface area contributed by atoms with E-state index in [2.05, 4.69) is 93.6 Å². The van der Waals surface area contributed by atoms with Crippen LogP contribution in [0.25, 0.3) is 16.8 Å². The maximum absolute atomic E-state index is 4.21. The Morgan fingerprint density at radius 2 is 1.69 bits per heavy atom. The van der Waals surface area contributed by atoms with E-state index in [0.717, 1.165) is 13.1 Å². The molecule has 0 N–H and O–H groups in total. The van der Waals surface area contributed by atoms with Crippen LogP contribution in [0.2, 0.25) is 0 Å². The van der Waals surface area contributed by atoms with Crippen LogP contribution in [0.4, 0.5) is 0 Å². The number of nitrogens with zero attached hydrogens (tertiary/aromatic N) is 3. The van der Waals surface area contributed by atoms with Gasteiger partial charge in [-0.1, -0.05) is 84.9 Å². The van der Waals surface area contributed by atoms with Gasteiger partial charge in [0.05, 0.1) is 13.1 Å². The zero-order valence-electron chi connectivity index (χ0n) is 14.6. The average Bonchev–Trinajstić information content (AvgIpc) is 3.23. The smallest absolute Gasteiger partial charge is 0.114 e. The molecule has 3 nitrogen and oxygen atoms in total. The van der Waals surface area contributed by atoms with Crippen LogP contribution >= 0.6 is 0 Å². The molecule has 3 heteroatoms. The molecule has 0 atom stereocenters. The summed E-state index contributed by atoms with van der Waals surface area (Å²) >= 11 is 0. The predicted molar refractivity (Wildman–Crippen MR) is 108 cm³/mol. The molecular weight excluding hydrogens is 318 g/mol. The number of benzene rings is 3. The normalized spacial score (nSPS) is 11.2. The van der Waals surface area contributed by atoms with E-state index in [0.29, 0.717) is 0 Å². The summed E-state index contributed by atoms with van der Waals surface area (Å²) in [5.41, 5.74) is 2.52. The molecule has 26 heavy (non-hydrogen) atoms. The summed E-state index contributed by atoms with van der Waals surface area (Å²) in [6.45, 7) is 1.62. The van der Waals surface area contributed by atoms with Crippen LogP contribution in [0, 0.1) is 0 Å². The molecule has 4 rings (SSSR count). The zero-order valence-corrected chi connectivity index (χ0v) is 14.6. The molecule has 0 amide bonds. The van der Waals surface area contributed by atoms with Gasteiger partial charge in [0.1, 0.15) is 6.33 Å². The standard InChI is InChI=1S/C23H21N3/c1-2-8-20(9-3-1)10-7-16-25(26-17-15-24-19-26)18-22-13-6-12-21-11-4-5-14-23(21)22/h1-15,17,19H,16,18H2. The quantitative estimate of drug-likeness (QED) is 0.499. The molecule has 0 bridgehead atoms. The summed E-state index contributed by atoms with van der Waals surface area (Å²) in [4.78, 5) is 4.21. The summed E-state index contributed by atoms with van der Waals surface area (Å²) in [6.07, 6.45) is 10.0. The van der Waals surface area contributed by atoms with E-state index in [4.69, 9.17) is 0 Å². The maximum atomic E-state index is 4.21. The van der Waals surface area contributed by atoms with Gasteiger partial charge < -0.3 is 5.01 Å². The molecule has 0 aliphatic heterocycles. The van der Waals surface area contributed by atoms with Crippen LogP contribution in [0.1, 0.15) is 11.1 Å². The molecule has 0 spiro atoms. The van der Waals surface area contributed by atoms with E-state index in [9.17, 15) is 0 Å². The Balaban J connectivity index is 1.59. The second-order valence-corrected chi connectivity index (χ2v) is 6.24. The van der Waals surface area contributed by atoms with E-state index >= 15 is 0 Å². The largest absolute Gasteiger partial charge is 0.304 e. The summed E-state index contributed by atoms with van der Waals surface area (Å²) < 4.78 is 2.05. The van der Waals surface area contributed by atoms with Crippen molar-refractivity contribution in [3.8, 4) is 0 Å². The highest BCUT2D eigenvalue weighted by Gasteiger charge is 2.07. The fourth-order valence-corrected chi connectivity index (χ4v) is 3.16. The molecular formula is C23H21N3. The average molecular weight is 339 g/mol. The third-order valence-electron chi connectivity index (χ3n) is 4.48. The lowest BCUT2D eigenvalue weighted by Gasteiger charge is -2.25. The van der Waals surface area contributed by atoms with Crippen LogP contribution in [0.15, 0.2) is 97.6 Å². The van der Waals surface area contributed by atoms with Crippen molar-refractivity contribution in [2.45, 2.75) is 6.54 Å². The molecule has 3 aromatic carbocycles. The topological polar surface area (TPSA) is 21.1 Å². The summed E-state index contributed by atoms with van der Waals surface area (Å²) in [6, 6.07) is 25.4. The predicted octanol–water partition coefficient (Wildman–Crippen LogP) is 4.89. The molecule has 128 valence electrons. The molecule has 0 saturated carbocycles. The van der Waals surface area contributed by atoms with Crippen molar-refractivity contribution in [2.75, 3.05) is 11.6 Å². The molecule has 0 radical (unpaired) electrons. The Bertz CT molecular complexity index is 983. The Morgan fingerprint density at radius 3 is 2.54 bits per heavy atom. The van der Waals surface area contributed by atoms with Gasteiger partial charge in [-0.3, -0.25) is 4.68 Å². The molecule has 0 unspecified atom stereocenters. The Kier molecular flexibility index (Phi) is 4.79. The lowest BCUT2D eigenvalue weighted by Crippen LogP contribution is -2.33. The van der Waals surface area contributed by atoms with Crippen LogP contribution in [0.5, 0.6) is 0 Å². The third kappa shape index (κ3) is 3.67. The number of hydrogen-bond donors (Lipinski definition) is 0. The van der Waals surface area contributed by atoms with Crippen LogP contribution < -0.4 is 5.01 Å². The molecule has 0 saturated heterocycles. The molecule has 0 fully saturated rings. The van der Waals surface area contributed by atoms with Gasteiger partial charge >= 0.3 is 0 Å². The lowest BCUT2D eigenvalue weighted by molar-refractivity contribution is 0.617. The lowest BCUT2D eigenvalue weighted by atomic mass is 10.0. The monoisotopic (exact) mass is 339 g/mol. The minimum atomic E-state index is 0.800.